The molecular weight excluding hydrogens is 302 g/mol. The largest absolute Gasteiger partial charge is 0.422 e. The fraction of sp³-hybridized carbons (Fsp3) is 0.375. The minimum Gasteiger partial charge on any atom is -0.422 e. The first-order valence-electron chi connectivity index (χ1n) is 7.08. The predicted molar refractivity (Wildman–Crippen MR) is 86.5 cm³/mol. The molecule has 0 saturated carbocycles. The normalized spacial score (nSPS) is 21.1. The molecule has 1 unspecified atom stereocenters. The van der Waals surface area contributed by atoms with Crippen LogP contribution in [0.2, 0.25) is 0 Å². The Morgan fingerprint density at radius 3 is 3.00 bits per heavy atom. The number of ether oxygens (including phenoxy) is 1. The molecule has 22 heavy (non-hydrogen) atoms. The summed E-state index contributed by atoms with van der Waals surface area (Å²) < 4.78 is 10.7. The lowest BCUT2D eigenvalue weighted by Crippen LogP contribution is -2.45. The molecule has 3 rings (SSSR count). The van der Waals surface area contributed by atoms with E-state index in [1.165, 1.54) is 0 Å². The van der Waals surface area contributed by atoms with Crippen molar-refractivity contribution in [2.45, 2.75) is 12.0 Å². The number of carbonyl (C=O) groups excluding carboxylic acids is 1. The Bertz CT molecular complexity index is 749. The van der Waals surface area contributed by atoms with Gasteiger partial charge in [0.1, 0.15) is 11.1 Å². The molecule has 1 aliphatic rings. The van der Waals surface area contributed by atoms with Crippen LogP contribution in [0.25, 0.3) is 11.0 Å². The van der Waals surface area contributed by atoms with E-state index in [1.807, 2.05) is 6.07 Å². The molecule has 5 nitrogen and oxygen atoms in total. The third-order valence-corrected chi connectivity index (χ3v) is 5.18. The molecule has 1 fully saturated rings. The number of amides is 1. The SMILES string of the molecule is COC1(CNC(=O)c2cc3ccccc3oc2=O)CCSC1. The molecule has 6 heteroatoms. The highest BCUT2D eigenvalue weighted by Gasteiger charge is 2.34. The number of hydrogen-bond acceptors (Lipinski definition) is 5. The van der Waals surface area contributed by atoms with Crippen LogP contribution in [-0.2, 0) is 4.74 Å². The quantitative estimate of drug-likeness (QED) is 0.874. The monoisotopic (exact) mass is 319 g/mol. The summed E-state index contributed by atoms with van der Waals surface area (Å²) in [5, 5.41) is 3.53. The minimum atomic E-state index is -0.622. The van der Waals surface area contributed by atoms with Crippen LogP contribution in [0, 0.1) is 0 Å². The summed E-state index contributed by atoms with van der Waals surface area (Å²) in [7, 11) is 1.66. The number of fused-ring (bicyclic) bond motifs is 1. The number of hydrogen-bond donors (Lipinski definition) is 1. The molecule has 0 aliphatic carbocycles. The van der Waals surface area contributed by atoms with Crippen molar-refractivity contribution in [1.29, 1.82) is 0 Å². The zero-order valence-corrected chi connectivity index (χ0v) is 13.1. The average molecular weight is 319 g/mol. The zero-order valence-electron chi connectivity index (χ0n) is 12.3. The summed E-state index contributed by atoms with van der Waals surface area (Å²) in [4.78, 5) is 24.2. The van der Waals surface area contributed by atoms with Crippen molar-refractivity contribution in [3.8, 4) is 0 Å². The fourth-order valence-corrected chi connectivity index (χ4v) is 3.91. The van der Waals surface area contributed by atoms with E-state index in [0.717, 1.165) is 23.3 Å². The number of carbonyl (C=O) groups is 1. The molecule has 0 spiro atoms. The second kappa shape index (κ2) is 6.14. The van der Waals surface area contributed by atoms with Gasteiger partial charge >= 0.3 is 5.63 Å². The average Bonchev–Trinajstić information content (AvgIpc) is 3.01. The Kier molecular flexibility index (Phi) is 4.22. The summed E-state index contributed by atoms with van der Waals surface area (Å²) in [6.45, 7) is 0.390. The van der Waals surface area contributed by atoms with Gasteiger partial charge in [0.25, 0.3) is 5.91 Å². The van der Waals surface area contributed by atoms with Gasteiger partial charge in [0, 0.05) is 24.8 Å². The third-order valence-electron chi connectivity index (χ3n) is 3.96. The van der Waals surface area contributed by atoms with Crippen molar-refractivity contribution in [1.82, 2.24) is 5.32 Å². The molecule has 1 N–H and O–H groups in total. The van der Waals surface area contributed by atoms with E-state index in [2.05, 4.69) is 5.32 Å². The summed E-state index contributed by atoms with van der Waals surface area (Å²) in [5.74, 6) is 1.44. The van der Waals surface area contributed by atoms with Gasteiger partial charge in [-0.05, 0) is 24.3 Å². The maximum Gasteiger partial charge on any atom is 0.349 e. The van der Waals surface area contributed by atoms with Crippen LogP contribution in [0.5, 0.6) is 0 Å². The van der Waals surface area contributed by atoms with Crippen LogP contribution in [0.1, 0.15) is 16.8 Å². The van der Waals surface area contributed by atoms with Gasteiger partial charge in [0.2, 0.25) is 0 Å². The molecule has 1 aliphatic heterocycles. The highest BCUT2D eigenvalue weighted by atomic mass is 32.2. The summed E-state index contributed by atoms with van der Waals surface area (Å²) in [6, 6.07) is 8.69. The topological polar surface area (TPSA) is 68.5 Å². The van der Waals surface area contributed by atoms with Crippen molar-refractivity contribution < 1.29 is 13.9 Å². The van der Waals surface area contributed by atoms with E-state index in [1.54, 1.807) is 43.1 Å². The summed E-state index contributed by atoms with van der Waals surface area (Å²) >= 11 is 1.80. The zero-order chi connectivity index (χ0) is 15.6. The molecule has 116 valence electrons. The lowest BCUT2D eigenvalue weighted by Gasteiger charge is -2.26. The number of thioether (sulfide) groups is 1. The lowest BCUT2D eigenvalue weighted by atomic mass is 10.0. The van der Waals surface area contributed by atoms with E-state index in [0.29, 0.717) is 12.1 Å². The Labute approximate surface area is 132 Å². The maximum absolute atomic E-state index is 12.3. The van der Waals surface area contributed by atoms with E-state index < -0.39 is 11.5 Å². The number of benzene rings is 1. The molecule has 1 aromatic heterocycles. The van der Waals surface area contributed by atoms with Gasteiger partial charge in [-0.3, -0.25) is 4.79 Å². The lowest BCUT2D eigenvalue weighted by molar-refractivity contribution is 0.0137. The Morgan fingerprint density at radius 2 is 2.27 bits per heavy atom. The van der Waals surface area contributed by atoms with Gasteiger partial charge in [0.05, 0.1) is 5.60 Å². The fourth-order valence-electron chi connectivity index (χ4n) is 2.52. The molecule has 0 bridgehead atoms. The second-order valence-corrected chi connectivity index (χ2v) is 6.46. The minimum absolute atomic E-state index is 0.0237. The van der Waals surface area contributed by atoms with E-state index in [4.69, 9.17) is 9.15 Å². The van der Waals surface area contributed by atoms with Crippen LogP contribution in [0.15, 0.2) is 39.5 Å². The van der Waals surface area contributed by atoms with Crippen molar-refractivity contribution in [3.05, 3.63) is 46.3 Å². The van der Waals surface area contributed by atoms with Gasteiger partial charge in [0.15, 0.2) is 0 Å². The molecule has 1 atom stereocenters. The van der Waals surface area contributed by atoms with Crippen molar-refractivity contribution >= 4 is 28.6 Å². The number of para-hydroxylation sites is 1. The molecule has 0 radical (unpaired) electrons. The smallest absolute Gasteiger partial charge is 0.349 e. The number of nitrogens with one attached hydrogen (secondary N) is 1. The molecule has 1 saturated heterocycles. The van der Waals surface area contributed by atoms with E-state index >= 15 is 0 Å². The van der Waals surface area contributed by atoms with Gasteiger partial charge in [-0.2, -0.15) is 11.8 Å². The second-order valence-electron chi connectivity index (χ2n) is 5.36. The molecule has 1 aromatic carbocycles. The molecule has 2 aromatic rings. The molecule has 2 heterocycles. The Morgan fingerprint density at radius 1 is 1.45 bits per heavy atom. The standard InChI is InChI=1S/C16H17NO4S/c1-20-16(6-7-22-10-16)9-17-14(18)12-8-11-4-2-3-5-13(11)21-15(12)19/h2-5,8H,6-7,9-10H2,1H3,(H,17,18). The van der Waals surface area contributed by atoms with Crippen LogP contribution >= 0.6 is 11.8 Å². The molecule has 1 amide bonds. The number of methoxy groups -OCH3 is 1. The van der Waals surface area contributed by atoms with Crippen molar-refractivity contribution in [3.63, 3.8) is 0 Å². The Hall–Kier alpha value is -1.79. The van der Waals surface area contributed by atoms with Crippen molar-refractivity contribution in [2.75, 3.05) is 25.2 Å². The first-order valence-corrected chi connectivity index (χ1v) is 8.23. The predicted octanol–water partition coefficient (Wildman–Crippen LogP) is 2.04. The van der Waals surface area contributed by atoms with Crippen LogP contribution in [0.3, 0.4) is 0 Å². The summed E-state index contributed by atoms with van der Waals surface area (Å²) in [5.41, 5.74) is -0.458. The molecular formula is C16H17NO4S. The van der Waals surface area contributed by atoms with Crippen molar-refractivity contribution in [2.24, 2.45) is 0 Å². The maximum atomic E-state index is 12.3. The highest BCUT2D eigenvalue weighted by Crippen LogP contribution is 2.30. The van der Waals surface area contributed by atoms with Crippen LogP contribution in [-0.4, -0.2) is 36.7 Å². The third kappa shape index (κ3) is 2.89. The first-order chi connectivity index (χ1) is 10.6. The van der Waals surface area contributed by atoms with Gasteiger partial charge in [-0.25, -0.2) is 4.79 Å². The summed E-state index contributed by atoms with van der Waals surface area (Å²) in [6.07, 6.45) is 0.890. The van der Waals surface area contributed by atoms with Crippen LogP contribution in [0.4, 0.5) is 0 Å². The number of rotatable bonds is 4. The Balaban J connectivity index is 1.80. The van der Waals surface area contributed by atoms with Crippen LogP contribution < -0.4 is 10.9 Å². The van der Waals surface area contributed by atoms with Gasteiger partial charge < -0.3 is 14.5 Å². The van der Waals surface area contributed by atoms with Gasteiger partial charge in [-0.1, -0.05) is 18.2 Å². The highest BCUT2D eigenvalue weighted by molar-refractivity contribution is 7.99. The van der Waals surface area contributed by atoms with E-state index in [-0.39, 0.29) is 11.2 Å². The first kappa shape index (κ1) is 15.1. The van der Waals surface area contributed by atoms with Gasteiger partial charge in [-0.15, -0.1) is 0 Å². The van der Waals surface area contributed by atoms with E-state index in [9.17, 15) is 9.59 Å².